The Morgan fingerprint density at radius 1 is 1.23 bits per heavy atom. The van der Waals surface area contributed by atoms with Crippen molar-refractivity contribution in [3.63, 3.8) is 0 Å². The second kappa shape index (κ2) is 6.80. The highest BCUT2D eigenvalue weighted by molar-refractivity contribution is 5.93. The van der Waals surface area contributed by atoms with Crippen LogP contribution in [0.2, 0.25) is 0 Å². The lowest BCUT2D eigenvalue weighted by Gasteiger charge is -2.47. The van der Waals surface area contributed by atoms with Crippen LogP contribution in [0.15, 0.2) is 42.9 Å². The number of carbonyl (C=O) groups is 1. The Labute approximate surface area is 177 Å². The molecule has 3 aliphatic rings. The third-order valence-electron chi connectivity index (χ3n) is 7.09. The smallest absolute Gasteiger partial charge is 0.308 e. The van der Waals surface area contributed by atoms with E-state index in [1.54, 1.807) is 6.20 Å². The van der Waals surface area contributed by atoms with Crippen molar-refractivity contribution in [1.29, 1.82) is 0 Å². The van der Waals surface area contributed by atoms with Gasteiger partial charge in [0.15, 0.2) is 5.82 Å². The Kier molecular flexibility index (Phi) is 4.03. The van der Waals surface area contributed by atoms with Crippen LogP contribution in [0.3, 0.4) is 0 Å². The number of nitrogens with one attached hydrogen (secondary N) is 2. The van der Waals surface area contributed by atoms with Crippen molar-refractivity contribution >= 4 is 28.3 Å². The van der Waals surface area contributed by atoms with Gasteiger partial charge in [-0.1, -0.05) is 6.07 Å². The summed E-state index contributed by atoms with van der Waals surface area (Å²) in [6.07, 6.45) is 8.97. The molecule has 158 valence electrons. The van der Waals surface area contributed by atoms with Crippen molar-refractivity contribution in [3.05, 3.63) is 48.7 Å². The van der Waals surface area contributed by atoms with Gasteiger partial charge in [-0.3, -0.25) is 9.20 Å². The Balaban J connectivity index is 1.47. The molecule has 0 amide bonds. The number of hydrogen-bond acceptors (Lipinski definition) is 4. The average Bonchev–Trinajstić information content (AvgIpc) is 3.35. The van der Waals surface area contributed by atoms with E-state index in [0.29, 0.717) is 28.6 Å². The van der Waals surface area contributed by atoms with E-state index in [-0.39, 0.29) is 12.0 Å². The standard InChI is InChI=1S/C23H22FN5O2/c24-14-9-15-16(11-26-20(15)25-10-14)22-28-21(17-3-1-2-8-29(17)22)27-19-13-6-4-12(5-7-13)18(19)23(30)31/h1-3,8-13,18-19,27H,4-7H2,(H,25,26)(H,30,31)/t12-,13+,18-,19?/m0/s1. The summed E-state index contributed by atoms with van der Waals surface area (Å²) in [5.41, 5.74) is 2.20. The molecule has 2 bridgehead atoms. The quantitative estimate of drug-likeness (QED) is 0.458. The second-order valence-corrected chi connectivity index (χ2v) is 8.70. The Morgan fingerprint density at radius 2 is 2.03 bits per heavy atom. The van der Waals surface area contributed by atoms with E-state index in [1.807, 2.05) is 28.8 Å². The van der Waals surface area contributed by atoms with Crippen LogP contribution in [0.4, 0.5) is 10.2 Å². The van der Waals surface area contributed by atoms with Crippen molar-refractivity contribution < 1.29 is 14.3 Å². The first-order valence-corrected chi connectivity index (χ1v) is 10.7. The fourth-order valence-corrected chi connectivity index (χ4v) is 5.67. The predicted octanol–water partition coefficient (Wildman–Crippen LogP) is 4.32. The Morgan fingerprint density at radius 3 is 2.84 bits per heavy atom. The topological polar surface area (TPSA) is 95.3 Å². The van der Waals surface area contributed by atoms with Gasteiger partial charge in [-0.15, -0.1) is 0 Å². The highest BCUT2D eigenvalue weighted by Crippen LogP contribution is 2.46. The number of fused-ring (bicyclic) bond motifs is 5. The van der Waals surface area contributed by atoms with Crippen LogP contribution < -0.4 is 5.32 Å². The lowest BCUT2D eigenvalue weighted by Crippen LogP contribution is -2.51. The van der Waals surface area contributed by atoms with Crippen molar-refractivity contribution in [2.45, 2.75) is 31.7 Å². The van der Waals surface area contributed by atoms with E-state index in [1.165, 1.54) is 12.3 Å². The number of anilines is 1. The Bertz CT molecular complexity index is 1300. The van der Waals surface area contributed by atoms with Gasteiger partial charge in [-0.05, 0) is 55.7 Å². The lowest BCUT2D eigenvalue weighted by molar-refractivity contribution is -0.148. The SMILES string of the molecule is O=C(O)[C@@H]1C(Nc2nc(-c3c[nH]c4ncc(F)cc34)n3ccccc23)[C@H]2CC[C@@H]1CC2. The zero-order chi connectivity index (χ0) is 21.1. The average molecular weight is 419 g/mol. The number of nitrogens with zero attached hydrogens (tertiary/aromatic N) is 3. The number of pyridine rings is 2. The molecule has 31 heavy (non-hydrogen) atoms. The van der Waals surface area contributed by atoms with E-state index in [4.69, 9.17) is 4.98 Å². The van der Waals surface area contributed by atoms with E-state index in [2.05, 4.69) is 15.3 Å². The zero-order valence-electron chi connectivity index (χ0n) is 16.8. The van der Waals surface area contributed by atoms with Crippen LogP contribution in [0, 0.1) is 23.6 Å². The fraction of sp³-hybridized carbons (Fsp3) is 0.348. The molecule has 0 aromatic carbocycles. The molecule has 8 heteroatoms. The van der Waals surface area contributed by atoms with Crippen LogP contribution in [-0.2, 0) is 4.79 Å². The maximum absolute atomic E-state index is 13.9. The molecule has 4 aromatic heterocycles. The van der Waals surface area contributed by atoms with Crippen LogP contribution in [0.5, 0.6) is 0 Å². The zero-order valence-corrected chi connectivity index (χ0v) is 16.8. The van der Waals surface area contributed by atoms with Crippen LogP contribution in [-0.4, -0.2) is 36.5 Å². The van der Waals surface area contributed by atoms with Gasteiger partial charge in [0.25, 0.3) is 0 Å². The molecule has 0 saturated heterocycles. The van der Waals surface area contributed by atoms with Crippen molar-refractivity contribution in [3.8, 4) is 11.4 Å². The maximum atomic E-state index is 13.9. The minimum atomic E-state index is -0.728. The molecule has 4 aromatic rings. The number of rotatable bonds is 4. The second-order valence-electron chi connectivity index (χ2n) is 8.70. The monoisotopic (exact) mass is 419 g/mol. The third-order valence-corrected chi connectivity index (χ3v) is 7.09. The predicted molar refractivity (Wildman–Crippen MR) is 114 cm³/mol. The molecule has 3 saturated carbocycles. The van der Waals surface area contributed by atoms with Gasteiger partial charge in [-0.25, -0.2) is 14.4 Å². The van der Waals surface area contributed by atoms with E-state index >= 15 is 0 Å². The summed E-state index contributed by atoms with van der Waals surface area (Å²) in [6, 6.07) is 7.12. The van der Waals surface area contributed by atoms with Crippen LogP contribution in [0.25, 0.3) is 27.9 Å². The molecule has 0 aliphatic heterocycles. The number of H-pyrrole nitrogens is 1. The number of aromatic amines is 1. The lowest BCUT2D eigenvalue weighted by atomic mass is 9.61. The molecule has 0 spiro atoms. The summed E-state index contributed by atoms with van der Waals surface area (Å²) in [5.74, 6) is 0.340. The van der Waals surface area contributed by atoms with Crippen LogP contribution >= 0.6 is 0 Å². The molecule has 7 nitrogen and oxygen atoms in total. The molecular formula is C23H22FN5O2. The number of carboxylic acid groups (broad SMARTS) is 1. The molecule has 4 heterocycles. The summed E-state index contributed by atoms with van der Waals surface area (Å²) in [5, 5.41) is 14.1. The van der Waals surface area contributed by atoms with Gasteiger partial charge in [-0.2, -0.15) is 0 Å². The van der Waals surface area contributed by atoms with Gasteiger partial charge >= 0.3 is 5.97 Å². The molecule has 7 rings (SSSR count). The largest absolute Gasteiger partial charge is 0.481 e. The van der Waals surface area contributed by atoms with Crippen LogP contribution in [0.1, 0.15) is 25.7 Å². The van der Waals surface area contributed by atoms with E-state index < -0.39 is 17.7 Å². The molecule has 1 unspecified atom stereocenters. The summed E-state index contributed by atoms with van der Waals surface area (Å²) in [4.78, 5) is 24.1. The fourth-order valence-electron chi connectivity index (χ4n) is 5.67. The molecule has 3 aliphatic carbocycles. The number of halogens is 1. The molecular weight excluding hydrogens is 397 g/mol. The minimum Gasteiger partial charge on any atom is -0.481 e. The first-order valence-electron chi connectivity index (χ1n) is 10.7. The number of imidazole rings is 1. The van der Waals surface area contributed by atoms with Gasteiger partial charge in [0.2, 0.25) is 0 Å². The van der Waals surface area contributed by atoms with E-state index in [9.17, 15) is 14.3 Å². The normalized spacial score (nSPS) is 25.3. The van der Waals surface area contributed by atoms with Gasteiger partial charge in [0.1, 0.15) is 17.3 Å². The van der Waals surface area contributed by atoms with Crippen molar-refractivity contribution in [2.75, 3.05) is 5.32 Å². The Hall–Kier alpha value is -3.42. The van der Waals surface area contributed by atoms with Crippen molar-refractivity contribution in [2.24, 2.45) is 17.8 Å². The summed E-state index contributed by atoms with van der Waals surface area (Å²) in [6.45, 7) is 0. The van der Waals surface area contributed by atoms with Gasteiger partial charge in [0.05, 0.1) is 17.6 Å². The minimum absolute atomic E-state index is 0.140. The van der Waals surface area contributed by atoms with Gasteiger partial charge < -0.3 is 15.4 Å². The molecule has 3 N–H and O–H groups in total. The number of aromatic nitrogens is 4. The van der Waals surface area contributed by atoms with Crippen molar-refractivity contribution in [1.82, 2.24) is 19.4 Å². The highest BCUT2D eigenvalue weighted by Gasteiger charge is 2.47. The molecule has 2 atom stereocenters. The molecule has 3 fully saturated rings. The summed E-state index contributed by atoms with van der Waals surface area (Å²) < 4.78 is 15.8. The maximum Gasteiger partial charge on any atom is 0.308 e. The first-order chi connectivity index (χ1) is 15.1. The highest BCUT2D eigenvalue weighted by atomic mass is 19.1. The number of hydrogen-bond donors (Lipinski definition) is 3. The first kappa shape index (κ1) is 18.4. The summed E-state index contributed by atoms with van der Waals surface area (Å²) in [7, 11) is 0. The molecule has 0 radical (unpaired) electrons. The van der Waals surface area contributed by atoms with Gasteiger partial charge in [0, 0.05) is 29.4 Å². The third kappa shape index (κ3) is 2.81. The number of carboxylic acids is 1. The number of aliphatic carboxylic acids is 1. The summed E-state index contributed by atoms with van der Waals surface area (Å²) >= 11 is 0. The van der Waals surface area contributed by atoms with E-state index in [0.717, 1.165) is 36.8 Å².